The molecule has 1 aliphatic heterocycles. The van der Waals surface area contributed by atoms with Crippen LogP contribution in [0.5, 0.6) is 5.75 Å². The van der Waals surface area contributed by atoms with E-state index < -0.39 is 5.82 Å². The van der Waals surface area contributed by atoms with Crippen LogP contribution in [0.2, 0.25) is 0 Å². The third-order valence-corrected chi connectivity index (χ3v) is 3.74. The molecule has 1 atom stereocenters. The Kier molecular flexibility index (Phi) is 3.11. The Balaban J connectivity index is 2.00. The zero-order chi connectivity index (χ0) is 13.4. The predicted molar refractivity (Wildman–Crippen MR) is 72.9 cm³/mol. The number of halogens is 2. The Bertz CT molecular complexity index is 640. The Morgan fingerprint density at radius 3 is 2.68 bits per heavy atom. The van der Waals surface area contributed by atoms with E-state index in [2.05, 4.69) is 15.9 Å². The number of Topliss-reactive ketones (excluding diaryl/α,β-unsaturated/α-hetero) is 1. The largest absolute Gasteiger partial charge is 0.484 e. The van der Waals surface area contributed by atoms with Gasteiger partial charge in [0.05, 0.1) is 16.5 Å². The molecular formula is C15H10BrFO2. The summed E-state index contributed by atoms with van der Waals surface area (Å²) in [6.07, 6.45) is -0.0727. The summed E-state index contributed by atoms with van der Waals surface area (Å²) in [4.78, 5) is 12.1. The number of ether oxygens (including phenoxy) is 1. The van der Waals surface area contributed by atoms with Gasteiger partial charge >= 0.3 is 0 Å². The third-order valence-electron chi connectivity index (χ3n) is 3.13. The van der Waals surface area contributed by atoms with Gasteiger partial charge in [0.15, 0.2) is 5.78 Å². The summed E-state index contributed by atoms with van der Waals surface area (Å²) < 4.78 is 19.5. The van der Waals surface area contributed by atoms with Crippen molar-refractivity contribution in [3.8, 4) is 5.75 Å². The van der Waals surface area contributed by atoms with E-state index in [0.717, 1.165) is 5.56 Å². The standard InChI is InChI=1S/C15H10BrFO2/c16-11-6-10-13(18)8-14(9-4-2-1-3-5-9)19-15(10)7-12(11)17/h1-7,14H,8H2. The van der Waals surface area contributed by atoms with E-state index in [1.165, 1.54) is 12.1 Å². The monoisotopic (exact) mass is 320 g/mol. The molecule has 2 nitrogen and oxygen atoms in total. The minimum absolute atomic E-state index is 0.0317. The SMILES string of the molecule is O=C1CC(c2ccccc2)Oc2cc(F)c(Br)cc21. The summed E-state index contributed by atoms with van der Waals surface area (Å²) in [5.41, 5.74) is 1.35. The average molecular weight is 321 g/mol. The van der Waals surface area contributed by atoms with Gasteiger partial charge in [-0.3, -0.25) is 4.79 Å². The van der Waals surface area contributed by atoms with Crippen molar-refractivity contribution in [3.63, 3.8) is 0 Å². The van der Waals surface area contributed by atoms with Gasteiger partial charge < -0.3 is 4.74 Å². The molecule has 1 heterocycles. The van der Waals surface area contributed by atoms with E-state index in [0.29, 0.717) is 11.3 Å². The molecule has 0 fully saturated rings. The van der Waals surface area contributed by atoms with Crippen molar-refractivity contribution >= 4 is 21.7 Å². The van der Waals surface area contributed by atoms with Crippen molar-refractivity contribution in [2.45, 2.75) is 12.5 Å². The molecule has 0 N–H and O–H groups in total. The van der Waals surface area contributed by atoms with Gasteiger partial charge in [-0.25, -0.2) is 4.39 Å². The smallest absolute Gasteiger partial charge is 0.170 e. The van der Waals surface area contributed by atoms with Gasteiger partial charge in [-0.1, -0.05) is 30.3 Å². The van der Waals surface area contributed by atoms with Crippen molar-refractivity contribution in [1.82, 2.24) is 0 Å². The molecule has 0 aliphatic carbocycles. The highest BCUT2D eigenvalue weighted by atomic mass is 79.9. The van der Waals surface area contributed by atoms with Gasteiger partial charge in [0.25, 0.3) is 0 Å². The maximum absolute atomic E-state index is 13.5. The van der Waals surface area contributed by atoms with Gasteiger partial charge in [0.2, 0.25) is 0 Å². The number of hydrogen-bond acceptors (Lipinski definition) is 2. The molecule has 19 heavy (non-hydrogen) atoms. The highest BCUT2D eigenvalue weighted by Crippen LogP contribution is 2.37. The summed E-state index contributed by atoms with van der Waals surface area (Å²) in [5, 5.41) is 0. The summed E-state index contributed by atoms with van der Waals surface area (Å²) >= 11 is 3.08. The topological polar surface area (TPSA) is 26.3 Å². The molecule has 2 aromatic carbocycles. The molecule has 0 saturated heterocycles. The van der Waals surface area contributed by atoms with E-state index in [1.807, 2.05) is 30.3 Å². The molecule has 0 bridgehead atoms. The molecule has 0 radical (unpaired) electrons. The number of ketones is 1. The number of benzene rings is 2. The summed E-state index contributed by atoms with van der Waals surface area (Å²) in [6, 6.07) is 12.2. The van der Waals surface area contributed by atoms with Crippen LogP contribution >= 0.6 is 15.9 Å². The lowest BCUT2D eigenvalue weighted by Gasteiger charge is -2.25. The average Bonchev–Trinajstić information content (AvgIpc) is 2.42. The summed E-state index contributed by atoms with van der Waals surface area (Å²) in [6.45, 7) is 0. The fourth-order valence-corrected chi connectivity index (χ4v) is 2.51. The molecule has 3 rings (SSSR count). The fourth-order valence-electron chi connectivity index (χ4n) is 2.17. The fraction of sp³-hybridized carbons (Fsp3) is 0.133. The second-order valence-corrected chi connectivity index (χ2v) is 5.26. The van der Waals surface area contributed by atoms with Gasteiger partial charge in [0, 0.05) is 6.07 Å². The highest BCUT2D eigenvalue weighted by molar-refractivity contribution is 9.10. The van der Waals surface area contributed by atoms with Crippen molar-refractivity contribution in [2.24, 2.45) is 0 Å². The minimum atomic E-state index is -0.430. The molecule has 0 saturated carbocycles. The lowest BCUT2D eigenvalue weighted by atomic mass is 9.96. The van der Waals surface area contributed by atoms with Gasteiger partial charge in [-0.05, 0) is 27.6 Å². The first-order valence-corrected chi connectivity index (χ1v) is 6.68. The van der Waals surface area contributed by atoms with Crippen molar-refractivity contribution in [3.05, 3.63) is 63.9 Å². The van der Waals surface area contributed by atoms with Gasteiger partial charge in [-0.15, -0.1) is 0 Å². The molecule has 2 aromatic rings. The molecule has 0 aromatic heterocycles. The number of fused-ring (bicyclic) bond motifs is 1. The van der Waals surface area contributed by atoms with Crippen molar-refractivity contribution in [1.29, 1.82) is 0 Å². The first-order valence-electron chi connectivity index (χ1n) is 5.89. The molecule has 1 unspecified atom stereocenters. The van der Waals surface area contributed by atoms with Gasteiger partial charge in [0.1, 0.15) is 17.7 Å². The Hall–Kier alpha value is -1.68. The second-order valence-electron chi connectivity index (χ2n) is 4.41. The van der Waals surface area contributed by atoms with Crippen LogP contribution in [-0.4, -0.2) is 5.78 Å². The first-order chi connectivity index (χ1) is 9.15. The summed E-state index contributed by atoms with van der Waals surface area (Å²) in [5.74, 6) is -0.151. The number of carbonyl (C=O) groups is 1. The van der Waals surface area contributed by atoms with Crippen LogP contribution in [-0.2, 0) is 0 Å². The van der Waals surface area contributed by atoms with Crippen LogP contribution in [0.3, 0.4) is 0 Å². The van der Waals surface area contributed by atoms with Crippen LogP contribution < -0.4 is 4.74 Å². The van der Waals surface area contributed by atoms with E-state index in [4.69, 9.17) is 4.74 Å². The van der Waals surface area contributed by atoms with Crippen LogP contribution in [0.1, 0.15) is 28.4 Å². The normalized spacial score (nSPS) is 17.8. The highest BCUT2D eigenvalue weighted by Gasteiger charge is 2.28. The quantitative estimate of drug-likeness (QED) is 0.783. The minimum Gasteiger partial charge on any atom is -0.484 e. The maximum atomic E-state index is 13.5. The van der Waals surface area contributed by atoms with Crippen LogP contribution in [0.25, 0.3) is 0 Å². The zero-order valence-electron chi connectivity index (χ0n) is 9.90. The molecular weight excluding hydrogens is 311 g/mol. The Labute approximate surface area is 118 Å². The van der Waals surface area contributed by atoms with Crippen molar-refractivity contribution < 1.29 is 13.9 Å². The number of carbonyl (C=O) groups excluding carboxylic acids is 1. The van der Waals surface area contributed by atoms with E-state index in [9.17, 15) is 9.18 Å². The molecule has 0 amide bonds. The lowest BCUT2D eigenvalue weighted by Crippen LogP contribution is -2.20. The Morgan fingerprint density at radius 1 is 1.21 bits per heavy atom. The van der Waals surface area contributed by atoms with Crippen LogP contribution in [0.4, 0.5) is 4.39 Å². The molecule has 96 valence electrons. The first kappa shape index (κ1) is 12.4. The van der Waals surface area contributed by atoms with Crippen molar-refractivity contribution in [2.75, 3.05) is 0 Å². The molecule has 1 aliphatic rings. The van der Waals surface area contributed by atoms with E-state index in [1.54, 1.807) is 0 Å². The predicted octanol–water partition coefficient (Wildman–Crippen LogP) is 4.29. The van der Waals surface area contributed by atoms with E-state index >= 15 is 0 Å². The van der Waals surface area contributed by atoms with E-state index in [-0.39, 0.29) is 22.8 Å². The lowest BCUT2D eigenvalue weighted by molar-refractivity contribution is 0.0849. The zero-order valence-corrected chi connectivity index (χ0v) is 11.5. The van der Waals surface area contributed by atoms with Crippen LogP contribution in [0.15, 0.2) is 46.9 Å². The second kappa shape index (κ2) is 4.78. The van der Waals surface area contributed by atoms with Crippen LogP contribution in [0, 0.1) is 5.82 Å². The molecule has 0 spiro atoms. The third kappa shape index (κ3) is 2.28. The number of hydrogen-bond donors (Lipinski definition) is 0. The summed E-state index contributed by atoms with van der Waals surface area (Å²) in [7, 11) is 0. The maximum Gasteiger partial charge on any atom is 0.170 e. The molecule has 4 heteroatoms. The Morgan fingerprint density at radius 2 is 1.95 bits per heavy atom. The number of rotatable bonds is 1. The van der Waals surface area contributed by atoms with Gasteiger partial charge in [-0.2, -0.15) is 0 Å².